The maximum atomic E-state index is 14.7. The van der Waals surface area contributed by atoms with Crippen LogP contribution in [-0.2, 0) is 18.0 Å². The van der Waals surface area contributed by atoms with E-state index < -0.39 is 29.1 Å². The Hall–Kier alpha value is -4.88. The number of nitrogens with zero attached hydrogens (tertiary/aromatic N) is 4. The molecule has 0 unspecified atom stereocenters. The van der Waals surface area contributed by atoms with Crippen LogP contribution in [0, 0.1) is 5.82 Å². The molecule has 0 aliphatic heterocycles. The van der Waals surface area contributed by atoms with Crippen molar-refractivity contribution in [1.29, 1.82) is 0 Å². The van der Waals surface area contributed by atoms with Crippen LogP contribution in [0.4, 0.5) is 46.4 Å². The summed E-state index contributed by atoms with van der Waals surface area (Å²) >= 11 is 0. The monoisotopic (exact) mass is 523 g/mol. The van der Waals surface area contributed by atoms with Gasteiger partial charge in [-0.3, -0.25) is 9.48 Å². The lowest BCUT2D eigenvalue weighted by atomic mass is 10.1. The summed E-state index contributed by atoms with van der Waals surface area (Å²) in [6.45, 7) is 0. The predicted octanol–water partition coefficient (Wildman–Crippen LogP) is 5.03. The maximum Gasteiger partial charge on any atom is 0.416 e. The van der Waals surface area contributed by atoms with Gasteiger partial charge in [-0.15, -0.1) is 0 Å². The topological polar surface area (TPSA) is 117 Å². The van der Waals surface area contributed by atoms with Crippen LogP contribution in [0.2, 0.25) is 0 Å². The van der Waals surface area contributed by atoms with Crippen molar-refractivity contribution in [3.05, 3.63) is 84.2 Å². The van der Waals surface area contributed by atoms with E-state index in [0.717, 1.165) is 24.3 Å². The van der Waals surface area contributed by atoms with Crippen molar-refractivity contribution in [2.24, 2.45) is 7.05 Å². The molecule has 0 aliphatic rings. The number of carbonyl (C=O) groups excluding carboxylic acids is 1. The zero-order valence-corrected chi connectivity index (χ0v) is 19.6. The number of hydrogen-bond donors (Lipinski definition) is 4. The van der Waals surface area contributed by atoms with Crippen molar-refractivity contribution in [2.45, 2.75) is 6.18 Å². The molecule has 192 valence electrons. The molecule has 2 aromatic heterocycles. The van der Waals surface area contributed by atoms with Gasteiger partial charge in [-0.1, -0.05) is 12.1 Å². The smallest absolute Gasteiger partial charge is 0.416 e. The van der Waals surface area contributed by atoms with Gasteiger partial charge in [0.1, 0.15) is 11.6 Å². The van der Waals surface area contributed by atoms with Gasteiger partial charge in [0.15, 0.2) is 7.85 Å². The van der Waals surface area contributed by atoms with Crippen molar-refractivity contribution < 1.29 is 27.5 Å². The van der Waals surface area contributed by atoms with Crippen molar-refractivity contribution in [1.82, 2.24) is 19.7 Å². The van der Waals surface area contributed by atoms with Crippen LogP contribution in [0.3, 0.4) is 0 Å². The van der Waals surface area contributed by atoms with Crippen LogP contribution in [0.5, 0.6) is 0 Å². The van der Waals surface area contributed by atoms with E-state index in [1.165, 1.54) is 36.7 Å². The molecule has 0 fully saturated rings. The van der Waals surface area contributed by atoms with E-state index in [4.69, 9.17) is 13.0 Å². The zero-order valence-electron chi connectivity index (χ0n) is 19.6. The molecular formula is C24H18BF4N7O2. The average Bonchev–Trinajstić information content (AvgIpc) is 3.25. The number of amides is 1. The highest BCUT2D eigenvalue weighted by Crippen LogP contribution is 2.34. The molecule has 0 aliphatic carbocycles. The fourth-order valence-electron chi connectivity index (χ4n) is 3.34. The lowest BCUT2D eigenvalue weighted by molar-refractivity contribution is -0.137. The minimum Gasteiger partial charge on any atom is -0.524 e. The molecule has 38 heavy (non-hydrogen) atoms. The number of alkyl halides is 3. The number of aliphatic hydroxyl groups is 1. The third-order valence-electron chi connectivity index (χ3n) is 5.04. The van der Waals surface area contributed by atoms with Crippen molar-refractivity contribution in [2.75, 3.05) is 16.0 Å². The Morgan fingerprint density at radius 3 is 2.45 bits per heavy atom. The summed E-state index contributed by atoms with van der Waals surface area (Å²) in [5.74, 6) is -1.30. The first-order chi connectivity index (χ1) is 18.0. The fourth-order valence-corrected chi connectivity index (χ4v) is 3.34. The van der Waals surface area contributed by atoms with Crippen LogP contribution in [0.1, 0.15) is 5.56 Å². The Kier molecular flexibility index (Phi) is 7.32. The van der Waals surface area contributed by atoms with Crippen LogP contribution in [-0.4, -0.2) is 38.6 Å². The highest BCUT2D eigenvalue weighted by molar-refractivity contribution is 6.22. The van der Waals surface area contributed by atoms with Crippen molar-refractivity contribution in [3.63, 3.8) is 0 Å². The number of carbonyl (C=O) groups is 1. The Bertz CT molecular complexity index is 1500. The molecule has 0 spiro atoms. The molecule has 0 saturated carbocycles. The van der Waals surface area contributed by atoms with E-state index in [9.17, 15) is 22.4 Å². The van der Waals surface area contributed by atoms with Crippen LogP contribution >= 0.6 is 0 Å². The number of benzene rings is 2. The second-order valence-corrected chi connectivity index (χ2v) is 7.94. The molecule has 0 atom stereocenters. The summed E-state index contributed by atoms with van der Waals surface area (Å²) in [4.78, 5) is 20.5. The number of rotatable bonds is 7. The number of aromatic nitrogens is 4. The van der Waals surface area contributed by atoms with Gasteiger partial charge in [0.05, 0.1) is 23.1 Å². The molecular weight excluding hydrogens is 505 g/mol. The third-order valence-corrected chi connectivity index (χ3v) is 5.04. The third kappa shape index (κ3) is 6.46. The molecule has 2 heterocycles. The zero-order chi connectivity index (χ0) is 27.4. The number of halogens is 4. The van der Waals surface area contributed by atoms with Crippen molar-refractivity contribution in [3.8, 4) is 11.1 Å². The standard InChI is InChI=1S/C24H18BF4N7O2/c1-36-12-16(10-31-36)33-23-30-11-17(13-2-4-14(5-3-13)24(27,28)29)22(35-23)34-19-8-15(6-7-18(19)26)32-21(38)9-20(25)37/h2-12,37H,1H3,(H,32,38)(H2,30,33,34,35)/b20-9+. The van der Waals surface area contributed by atoms with E-state index in [0.29, 0.717) is 11.3 Å². The maximum absolute atomic E-state index is 14.7. The summed E-state index contributed by atoms with van der Waals surface area (Å²) < 4.78 is 55.4. The van der Waals surface area contributed by atoms with Crippen LogP contribution in [0.15, 0.2) is 72.8 Å². The van der Waals surface area contributed by atoms with Gasteiger partial charge in [0, 0.05) is 42.4 Å². The molecule has 0 bridgehead atoms. The quantitative estimate of drug-likeness (QED) is 0.116. The first kappa shape index (κ1) is 26.2. The van der Waals surface area contributed by atoms with Gasteiger partial charge in [-0.05, 0) is 35.9 Å². The lowest BCUT2D eigenvalue weighted by Crippen LogP contribution is -2.10. The Morgan fingerprint density at radius 2 is 1.82 bits per heavy atom. The predicted molar refractivity (Wildman–Crippen MR) is 134 cm³/mol. The van der Waals surface area contributed by atoms with Gasteiger partial charge in [0.2, 0.25) is 5.95 Å². The summed E-state index contributed by atoms with van der Waals surface area (Å²) in [6, 6.07) is 7.96. The first-order valence-electron chi connectivity index (χ1n) is 10.8. The van der Waals surface area contributed by atoms with Gasteiger partial charge < -0.3 is 21.1 Å². The number of anilines is 5. The van der Waals surface area contributed by atoms with Crippen LogP contribution in [0.25, 0.3) is 11.1 Å². The van der Waals surface area contributed by atoms with Gasteiger partial charge in [-0.2, -0.15) is 23.3 Å². The Labute approximate surface area is 214 Å². The molecule has 9 nitrogen and oxygen atoms in total. The molecule has 2 radical (unpaired) electrons. The highest BCUT2D eigenvalue weighted by Gasteiger charge is 2.30. The normalized spacial score (nSPS) is 11.8. The second-order valence-electron chi connectivity index (χ2n) is 7.94. The van der Waals surface area contributed by atoms with E-state index in [1.54, 1.807) is 17.9 Å². The molecule has 4 rings (SSSR count). The number of aliphatic hydroxyl groups excluding tert-OH is 1. The average molecular weight is 523 g/mol. The molecule has 2 aromatic carbocycles. The summed E-state index contributed by atoms with van der Waals surface area (Å²) in [5.41, 5.74) is -0.314. The van der Waals surface area contributed by atoms with E-state index in [2.05, 4.69) is 31.0 Å². The van der Waals surface area contributed by atoms with Gasteiger partial charge in [-0.25, -0.2) is 9.37 Å². The molecule has 14 heteroatoms. The number of hydrogen-bond acceptors (Lipinski definition) is 7. The Morgan fingerprint density at radius 1 is 1.08 bits per heavy atom. The first-order valence-corrected chi connectivity index (χ1v) is 10.8. The molecule has 1 amide bonds. The van der Waals surface area contributed by atoms with E-state index >= 15 is 0 Å². The number of aryl methyl sites for hydroxylation is 1. The molecule has 4 aromatic rings. The summed E-state index contributed by atoms with van der Waals surface area (Å²) in [7, 11) is 6.79. The molecule has 0 saturated heterocycles. The second kappa shape index (κ2) is 10.6. The Balaban J connectivity index is 1.72. The molecule has 4 N–H and O–H groups in total. The lowest BCUT2D eigenvalue weighted by Gasteiger charge is -2.15. The van der Waals surface area contributed by atoms with Gasteiger partial charge >= 0.3 is 6.18 Å². The van der Waals surface area contributed by atoms with Gasteiger partial charge in [0.25, 0.3) is 5.91 Å². The summed E-state index contributed by atoms with van der Waals surface area (Å²) in [6.07, 6.45) is 0.783. The number of nitrogens with one attached hydrogen (secondary N) is 3. The van der Waals surface area contributed by atoms with E-state index in [-0.39, 0.29) is 28.7 Å². The highest BCUT2D eigenvalue weighted by atomic mass is 19.4. The SMILES string of the molecule is [B]/C(O)=C\C(=O)Nc1ccc(F)c(Nc2nc(Nc3cnn(C)c3)ncc2-c2ccc(C(F)(F)F)cc2)c1. The van der Waals surface area contributed by atoms with E-state index in [1.807, 2.05) is 0 Å². The van der Waals surface area contributed by atoms with Crippen molar-refractivity contribution >= 4 is 42.6 Å². The summed E-state index contributed by atoms with van der Waals surface area (Å²) in [5, 5.41) is 21.3. The van der Waals surface area contributed by atoms with Crippen LogP contribution < -0.4 is 16.0 Å². The minimum absolute atomic E-state index is 0.0630. The minimum atomic E-state index is -4.52. The fraction of sp³-hybridized carbons (Fsp3) is 0.0833. The largest absolute Gasteiger partial charge is 0.524 e.